The monoisotopic (exact) mass is 549 g/mol. The molecule has 0 fully saturated rings. The lowest BCUT2D eigenvalue weighted by atomic mass is 9.70. The molecule has 0 saturated carbocycles. The van der Waals surface area contributed by atoms with Crippen LogP contribution in [0.4, 0.5) is 17.1 Å². The summed E-state index contributed by atoms with van der Waals surface area (Å²) in [6.07, 6.45) is 9.11. The van der Waals surface area contributed by atoms with E-state index in [1.807, 2.05) is 0 Å². The Labute approximate surface area is 253 Å². The SMILES string of the molecule is C1=CC2c3ccccc3-c3cc(N(c4ccc(-c5ccccc5)cc4)c4ccc(-c5ccccc5)cc4)ccc3C2C=C1. The van der Waals surface area contributed by atoms with Crippen LogP contribution in [-0.4, -0.2) is 0 Å². The maximum Gasteiger partial charge on any atom is 0.0467 e. The summed E-state index contributed by atoms with van der Waals surface area (Å²) in [7, 11) is 0. The predicted octanol–water partition coefficient (Wildman–Crippen LogP) is 11.5. The van der Waals surface area contributed by atoms with Crippen LogP contribution in [0.25, 0.3) is 33.4 Å². The quantitative estimate of drug-likeness (QED) is 0.207. The van der Waals surface area contributed by atoms with E-state index in [0.29, 0.717) is 11.8 Å². The van der Waals surface area contributed by atoms with Crippen LogP contribution in [0, 0.1) is 0 Å². The van der Waals surface area contributed by atoms with Crippen molar-refractivity contribution in [3.05, 3.63) is 187 Å². The highest BCUT2D eigenvalue weighted by Gasteiger charge is 2.32. The van der Waals surface area contributed by atoms with Gasteiger partial charge in [-0.25, -0.2) is 0 Å². The van der Waals surface area contributed by atoms with Gasteiger partial charge in [0.25, 0.3) is 0 Å². The zero-order chi connectivity index (χ0) is 28.6. The Bertz CT molecular complexity index is 1870. The largest absolute Gasteiger partial charge is 0.310 e. The van der Waals surface area contributed by atoms with Crippen molar-refractivity contribution in [3.63, 3.8) is 0 Å². The van der Waals surface area contributed by atoms with E-state index in [2.05, 4.69) is 181 Å². The number of allylic oxidation sites excluding steroid dienone is 4. The first-order valence-electron chi connectivity index (χ1n) is 15.0. The summed E-state index contributed by atoms with van der Waals surface area (Å²) in [5.41, 5.74) is 13.8. The zero-order valence-corrected chi connectivity index (χ0v) is 23.8. The summed E-state index contributed by atoms with van der Waals surface area (Å²) in [5.74, 6) is 0.736. The Morgan fingerprint density at radius 1 is 0.349 bits per heavy atom. The van der Waals surface area contributed by atoms with Crippen LogP contribution in [0.2, 0.25) is 0 Å². The smallest absolute Gasteiger partial charge is 0.0467 e. The van der Waals surface area contributed by atoms with Crippen molar-refractivity contribution in [2.75, 3.05) is 4.90 Å². The van der Waals surface area contributed by atoms with Gasteiger partial charge in [0.1, 0.15) is 0 Å². The Kier molecular flexibility index (Phi) is 6.35. The standard InChI is InChI=1S/C42H31N/c1-3-11-30(12-4-1)32-19-23-34(24-20-32)43(35-25-21-33(22-26-35)31-13-5-2-6-14-31)36-27-28-41-39-17-8-7-15-37(39)38-16-9-10-18-40(38)42(41)29-36/h1-29,37,39H. The molecule has 6 aromatic rings. The molecule has 2 unspecified atom stereocenters. The molecule has 2 aliphatic rings. The predicted molar refractivity (Wildman–Crippen MR) is 181 cm³/mol. The second kappa shape index (κ2) is 10.8. The van der Waals surface area contributed by atoms with Gasteiger partial charge in [-0.05, 0) is 80.9 Å². The van der Waals surface area contributed by atoms with Gasteiger partial charge in [-0.15, -0.1) is 0 Å². The molecule has 0 bridgehead atoms. The van der Waals surface area contributed by atoms with Crippen molar-refractivity contribution in [1.29, 1.82) is 0 Å². The Balaban J connectivity index is 1.26. The number of benzene rings is 6. The van der Waals surface area contributed by atoms with Gasteiger partial charge >= 0.3 is 0 Å². The van der Waals surface area contributed by atoms with Crippen molar-refractivity contribution in [1.82, 2.24) is 0 Å². The molecule has 0 saturated heterocycles. The molecule has 43 heavy (non-hydrogen) atoms. The molecule has 0 heterocycles. The maximum atomic E-state index is 2.40. The van der Waals surface area contributed by atoms with Gasteiger partial charge in [-0.2, -0.15) is 0 Å². The van der Waals surface area contributed by atoms with Crippen LogP contribution in [-0.2, 0) is 0 Å². The van der Waals surface area contributed by atoms with Crippen LogP contribution in [0.5, 0.6) is 0 Å². The molecule has 1 heteroatoms. The van der Waals surface area contributed by atoms with Crippen LogP contribution < -0.4 is 4.90 Å². The van der Waals surface area contributed by atoms with Gasteiger partial charge in [0.15, 0.2) is 0 Å². The summed E-state index contributed by atoms with van der Waals surface area (Å²) in [5, 5.41) is 0. The first kappa shape index (κ1) is 25.3. The second-order valence-corrected chi connectivity index (χ2v) is 11.3. The van der Waals surface area contributed by atoms with Gasteiger partial charge in [0, 0.05) is 28.9 Å². The Morgan fingerprint density at radius 2 is 0.791 bits per heavy atom. The van der Waals surface area contributed by atoms with E-state index < -0.39 is 0 Å². The lowest BCUT2D eigenvalue weighted by Gasteiger charge is -2.35. The lowest BCUT2D eigenvalue weighted by molar-refractivity contribution is 0.720. The fraction of sp³-hybridized carbons (Fsp3) is 0.0476. The van der Waals surface area contributed by atoms with E-state index >= 15 is 0 Å². The van der Waals surface area contributed by atoms with Crippen molar-refractivity contribution in [2.24, 2.45) is 0 Å². The van der Waals surface area contributed by atoms with Crippen LogP contribution in [0.15, 0.2) is 176 Å². The molecule has 2 atom stereocenters. The van der Waals surface area contributed by atoms with Crippen molar-refractivity contribution >= 4 is 17.1 Å². The van der Waals surface area contributed by atoms with E-state index in [1.165, 1.54) is 44.5 Å². The van der Waals surface area contributed by atoms with Crippen molar-refractivity contribution in [2.45, 2.75) is 11.8 Å². The molecule has 8 rings (SSSR count). The van der Waals surface area contributed by atoms with Gasteiger partial charge in [-0.3, -0.25) is 0 Å². The highest BCUT2D eigenvalue weighted by atomic mass is 15.1. The highest BCUT2D eigenvalue weighted by molar-refractivity contribution is 5.85. The fourth-order valence-electron chi connectivity index (χ4n) is 6.76. The molecule has 0 spiro atoms. The van der Waals surface area contributed by atoms with Crippen molar-refractivity contribution in [3.8, 4) is 33.4 Å². The second-order valence-electron chi connectivity index (χ2n) is 11.3. The summed E-state index contributed by atoms with van der Waals surface area (Å²) in [6.45, 7) is 0. The van der Waals surface area contributed by atoms with E-state index in [0.717, 1.165) is 17.1 Å². The number of nitrogens with zero attached hydrogens (tertiary/aromatic N) is 1. The Morgan fingerprint density at radius 3 is 1.35 bits per heavy atom. The summed E-state index contributed by atoms with van der Waals surface area (Å²) in [6, 6.07) is 55.0. The molecule has 6 aromatic carbocycles. The first-order chi connectivity index (χ1) is 21.3. The van der Waals surface area contributed by atoms with E-state index in [4.69, 9.17) is 0 Å². The molecule has 2 aliphatic carbocycles. The van der Waals surface area contributed by atoms with Crippen LogP contribution in [0.3, 0.4) is 0 Å². The zero-order valence-electron chi connectivity index (χ0n) is 23.8. The van der Waals surface area contributed by atoms with E-state index in [-0.39, 0.29) is 0 Å². The topological polar surface area (TPSA) is 3.24 Å². The number of fused-ring (bicyclic) bond motifs is 6. The molecule has 1 nitrogen and oxygen atoms in total. The number of hydrogen-bond acceptors (Lipinski definition) is 1. The molecule has 204 valence electrons. The molecule has 0 amide bonds. The average molecular weight is 550 g/mol. The minimum absolute atomic E-state index is 0.354. The normalized spacial score (nSPS) is 16.2. The number of anilines is 3. The maximum absolute atomic E-state index is 2.40. The van der Waals surface area contributed by atoms with Gasteiger partial charge in [0.05, 0.1) is 0 Å². The third-order valence-electron chi connectivity index (χ3n) is 8.86. The lowest BCUT2D eigenvalue weighted by Crippen LogP contribution is -2.17. The minimum Gasteiger partial charge on any atom is -0.310 e. The number of rotatable bonds is 5. The van der Waals surface area contributed by atoms with Crippen LogP contribution >= 0.6 is 0 Å². The third-order valence-corrected chi connectivity index (χ3v) is 8.86. The average Bonchev–Trinajstić information content (AvgIpc) is 3.10. The summed E-state index contributed by atoms with van der Waals surface area (Å²) >= 11 is 0. The molecule has 0 N–H and O–H groups in total. The molecular formula is C42H31N. The Hall–Kier alpha value is -5.40. The first-order valence-corrected chi connectivity index (χ1v) is 15.0. The minimum atomic E-state index is 0.354. The molecule has 0 radical (unpaired) electrons. The summed E-state index contributed by atoms with van der Waals surface area (Å²) in [4.78, 5) is 2.38. The highest BCUT2D eigenvalue weighted by Crippen LogP contribution is 2.51. The van der Waals surface area contributed by atoms with E-state index in [9.17, 15) is 0 Å². The fourth-order valence-corrected chi connectivity index (χ4v) is 6.76. The van der Waals surface area contributed by atoms with Crippen molar-refractivity contribution < 1.29 is 0 Å². The third kappa shape index (κ3) is 4.60. The van der Waals surface area contributed by atoms with Gasteiger partial charge in [0.2, 0.25) is 0 Å². The van der Waals surface area contributed by atoms with Gasteiger partial charge in [-0.1, -0.05) is 140 Å². The summed E-state index contributed by atoms with van der Waals surface area (Å²) < 4.78 is 0. The molecule has 0 aliphatic heterocycles. The molecular weight excluding hydrogens is 518 g/mol. The van der Waals surface area contributed by atoms with Crippen LogP contribution in [0.1, 0.15) is 23.0 Å². The molecule has 0 aromatic heterocycles. The van der Waals surface area contributed by atoms with E-state index in [1.54, 1.807) is 0 Å². The number of hydrogen-bond donors (Lipinski definition) is 0. The van der Waals surface area contributed by atoms with Gasteiger partial charge < -0.3 is 4.90 Å².